The predicted octanol–water partition coefficient (Wildman–Crippen LogP) is 5.52. The van der Waals surface area contributed by atoms with Crippen molar-refractivity contribution in [1.29, 1.82) is 0 Å². The van der Waals surface area contributed by atoms with Crippen LogP contribution in [0.5, 0.6) is 0 Å². The highest BCUT2D eigenvalue weighted by molar-refractivity contribution is 9.10. The zero-order valence-electron chi connectivity index (χ0n) is 12.6. The van der Waals surface area contributed by atoms with E-state index in [1.165, 1.54) is 5.56 Å². The van der Waals surface area contributed by atoms with Gasteiger partial charge < -0.3 is 5.32 Å². The summed E-state index contributed by atoms with van der Waals surface area (Å²) in [6.07, 6.45) is 1.04. The topological polar surface area (TPSA) is 29.1 Å². The number of rotatable bonds is 4. The Hall–Kier alpha value is -1.61. The molecular formula is C18H20BrNO. The van der Waals surface area contributed by atoms with Crippen LogP contribution < -0.4 is 5.32 Å². The van der Waals surface area contributed by atoms with Gasteiger partial charge in [-0.15, -0.1) is 0 Å². The molecule has 2 nitrogen and oxygen atoms in total. The molecule has 0 aliphatic heterocycles. The van der Waals surface area contributed by atoms with Crippen molar-refractivity contribution in [3.63, 3.8) is 0 Å². The van der Waals surface area contributed by atoms with Crippen LogP contribution in [-0.2, 0) is 0 Å². The van der Waals surface area contributed by atoms with E-state index in [4.69, 9.17) is 0 Å². The average molecular weight is 346 g/mol. The van der Waals surface area contributed by atoms with E-state index in [9.17, 15) is 4.79 Å². The van der Waals surface area contributed by atoms with Gasteiger partial charge in [-0.2, -0.15) is 0 Å². The lowest BCUT2D eigenvalue weighted by Gasteiger charge is -2.15. The number of aryl methyl sites for hydroxylation is 1. The molecule has 1 N–H and O–H groups in total. The first-order valence-electron chi connectivity index (χ1n) is 7.18. The van der Waals surface area contributed by atoms with Gasteiger partial charge in [0.2, 0.25) is 0 Å². The van der Waals surface area contributed by atoms with E-state index in [-0.39, 0.29) is 5.91 Å². The van der Waals surface area contributed by atoms with Gasteiger partial charge in [0, 0.05) is 15.7 Å². The first kappa shape index (κ1) is 15.8. The predicted molar refractivity (Wildman–Crippen MR) is 92.0 cm³/mol. The minimum absolute atomic E-state index is 0.0739. The summed E-state index contributed by atoms with van der Waals surface area (Å²) in [5.74, 6) is 0.348. The van der Waals surface area contributed by atoms with Crippen LogP contribution in [-0.4, -0.2) is 5.91 Å². The fourth-order valence-corrected chi connectivity index (χ4v) is 2.93. The monoisotopic (exact) mass is 345 g/mol. The fourth-order valence-electron chi connectivity index (χ4n) is 2.32. The lowest BCUT2D eigenvalue weighted by Crippen LogP contribution is -2.14. The minimum Gasteiger partial charge on any atom is -0.322 e. The number of para-hydroxylation sites is 1. The molecule has 2 aromatic carbocycles. The number of anilines is 1. The number of carbonyl (C=O) groups is 1. The average Bonchev–Trinajstić information content (AvgIpc) is 2.46. The molecule has 1 unspecified atom stereocenters. The molecule has 0 fully saturated rings. The van der Waals surface area contributed by atoms with Crippen LogP contribution in [0.25, 0.3) is 0 Å². The zero-order valence-corrected chi connectivity index (χ0v) is 14.2. The van der Waals surface area contributed by atoms with Crippen LogP contribution >= 0.6 is 15.9 Å². The SMILES string of the molecule is CCC(C)c1ccccc1NC(=O)c1cc(C)cc(Br)c1. The smallest absolute Gasteiger partial charge is 0.255 e. The summed E-state index contributed by atoms with van der Waals surface area (Å²) in [7, 11) is 0. The third kappa shape index (κ3) is 3.94. The van der Waals surface area contributed by atoms with E-state index in [1.54, 1.807) is 0 Å². The van der Waals surface area contributed by atoms with Gasteiger partial charge in [-0.05, 0) is 54.7 Å². The molecule has 0 radical (unpaired) electrons. The Kier molecular flexibility index (Phi) is 5.18. The van der Waals surface area contributed by atoms with Crippen LogP contribution in [0.1, 0.15) is 47.7 Å². The molecule has 2 aromatic rings. The molecule has 0 aromatic heterocycles. The molecule has 3 heteroatoms. The van der Waals surface area contributed by atoms with Crippen molar-refractivity contribution in [2.24, 2.45) is 0 Å². The Labute approximate surface area is 134 Å². The molecule has 0 spiro atoms. The second-order valence-corrected chi connectivity index (χ2v) is 6.28. The normalized spacial score (nSPS) is 12.0. The second-order valence-electron chi connectivity index (χ2n) is 5.37. The number of halogens is 1. The van der Waals surface area contributed by atoms with Crippen molar-refractivity contribution in [2.45, 2.75) is 33.1 Å². The summed E-state index contributed by atoms with van der Waals surface area (Å²) in [6.45, 7) is 6.31. The van der Waals surface area contributed by atoms with Crippen LogP contribution in [0.4, 0.5) is 5.69 Å². The fraction of sp³-hybridized carbons (Fsp3) is 0.278. The van der Waals surface area contributed by atoms with Gasteiger partial charge in [-0.1, -0.05) is 48.0 Å². The van der Waals surface area contributed by atoms with Crippen LogP contribution in [0, 0.1) is 6.92 Å². The number of hydrogen-bond donors (Lipinski definition) is 1. The summed E-state index contributed by atoms with van der Waals surface area (Å²) < 4.78 is 0.919. The summed E-state index contributed by atoms with van der Waals surface area (Å²) in [6, 6.07) is 13.7. The highest BCUT2D eigenvalue weighted by Gasteiger charge is 2.12. The highest BCUT2D eigenvalue weighted by atomic mass is 79.9. The van der Waals surface area contributed by atoms with E-state index in [0.717, 1.165) is 22.1 Å². The standard InChI is InChI=1S/C18H20BrNO/c1-4-13(3)16-7-5-6-8-17(16)20-18(21)14-9-12(2)10-15(19)11-14/h5-11,13H,4H2,1-3H3,(H,20,21). The van der Waals surface area contributed by atoms with Crippen LogP contribution in [0.15, 0.2) is 46.9 Å². The number of benzene rings is 2. The van der Waals surface area contributed by atoms with Gasteiger partial charge in [0.1, 0.15) is 0 Å². The molecular weight excluding hydrogens is 326 g/mol. The van der Waals surface area contributed by atoms with E-state index in [1.807, 2.05) is 43.3 Å². The van der Waals surface area contributed by atoms with Gasteiger partial charge in [0.25, 0.3) is 5.91 Å². The molecule has 21 heavy (non-hydrogen) atoms. The summed E-state index contributed by atoms with van der Waals surface area (Å²) >= 11 is 3.44. The number of amides is 1. The highest BCUT2D eigenvalue weighted by Crippen LogP contribution is 2.27. The molecule has 0 heterocycles. The van der Waals surface area contributed by atoms with Crippen molar-refractivity contribution in [1.82, 2.24) is 0 Å². The first-order chi connectivity index (χ1) is 10.0. The molecule has 0 saturated carbocycles. The zero-order chi connectivity index (χ0) is 15.4. The van der Waals surface area contributed by atoms with Crippen molar-refractivity contribution in [3.05, 3.63) is 63.6 Å². The van der Waals surface area contributed by atoms with Crippen LogP contribution in [0.3, 0.4) is 0 Å². The van der Waals surface area contributed by atoms with Gasteiger partial charge in [0.05, 0.1) is 0 Å². The van der Waals surface area contributed by atoms with Gasteiger partial charge >= 0.3 is 0 Å². The van der Waals surface area contributed by atoms with Gasteiger partial charge in [0.15, 0.2) is 0 Å². The summed E-state index contributed by atoms with van der Waals surface area (Å²) in [5, 5.41) is 3.04. The molecule has 0 aliphatic rings. The van der Waals surface area contributed by atoms with Crippen molar-refractivity contribution in [2.75, 3.05) is 5.32 Å². The third-order valence-corrected chi connectivity index (χ3v) is 4.11. The van der Waals surface area contributed by atoms with E-state index < -0.39 is 0 Å². The molecule has 0 bridgehead atoms. The second kappa shape index (κ2) is 6.90. The molecule has 0 saturated heterocycles. The Morgan fingerprint density at radius 1 is 1.24 bits per heavy atom. The molecule has 1 atom stereocenters. The quantitative estimate of drug-likeness (QED) is 0.776. The minimum atomic E-state index is -0.0739. The van der Waals surface area contributed by atoms with E-state index in [2.05, 4.69) is 41.2 Å². The van der Waals surface area contributed by atoms with Crippen LogP contribution in [0.2, 0.25) is 0 Å². The van der Waals surface area contributed by atoms with Crippen molar-refractivity contribution >= 4 is 27.5 Å². The van der Waals surface area contributed by atoms with Gasteiger partial charge in [-0.25, -0.2) is 0 Å². The number of nitrogens with one attached hydrogen (secondary N) is 1. The Morgan fingerprint density at radius 2 is 1.95 bits per heavy atom. The Morgan fingerprint density at radius 3 is 2.62 bits per heavy atom. The van der Waals surface area contributed by atoms with Crippen molar-refractivity contribution < 1.29 is 4.79 Å². The largest absolute Gasteiger partial charge is 0.322 e. The maximum absolute atomic E-state index is 12.4. The van der Waals surface area contributed by atoms with E-state index >= 15 is 0 Å². The Bertz CT molecular complexity index is 631. The molecule has 110 valence electrons. The maximum atomic E-state index is 12.4. The number of hydrogen-bond acceptors (Lipinski definition) is 1. The van der Waals surface area contributed by atoms with E-state index in [0.29, 0.717) is 11.5 Å². The first-order valence-corrected chi connectivity index (χ1v) is 7.98. The maximum Gasteiger partial charge on any atom is 0.255 e. The summed E-state index contributed by atoms with van der Waals surface area (Å²) in [4.78, 5) is 12.4. The number of carbonyl (C=O) groups excluding carboxylic acids is 1. The lowest BCUT2D eigenvalue weighted by atomic mass is 9.96. The molecule has 0 aliphatic carbocycles. The molecule has 2 rings (SSSR count). The molecule has 1 amide bonds. The van der Waals surface area contributed by atoms with Gasteiger partial charge in [-0.3, -0.25) is 4.79 Å². The summed E-state index contributed by atoms with van der Waals surface area (Å²) in [5.41, 5.74) is 3.81. The Balaban J connectivity index is 2.27. The lowest BCUT2D eigenvalue weighted by molar-refractivity contribution is 0.102. The third-order valence-electron chi connectivity index (χ3n) is 3.66. The van der Waals surface area contributed by atoms with Crippen molar-refractivity contribution in [3.8, 4) is 0 Å².